The molecular weight excluding hydrogens is 196 g/mol. The Bertz CT molecular complexity index is 262. The van der Waals surface area contributed by atoms with Crippen LogP contribution in [0.25, 0.3) is 0 Å². The molecule has 0 aliphatic heterocycles. The van der Waals surface area contributed by atoms with Gasteiger partial charge in [0.05, 0.1) is 6.61 Å². The van der Waals surface area contributed by atoms with Gasteiger partial charge in [-0.3, -0.25) is 0 Å². The van der Waals surface area contributed by atoms with Gasteiger partial charge < -0.3 is 4.74 Å². The molecule has 0 aromatic heterocycles. The van der Waals surface area contributed by atoms with Crippen LogP contribution in [0.2, 0.25) is 0 Å². The largest absolute Gasteiger partial charge is 0.376 e. The molecule has 0 N–H and O–H groups in total. The summed E-state index contributed by atoms with van der Waals surface area (Å²) in [5.74, 6) is 1.76. The number of hydrogen-bond acceptors (Lipinski definition) is 1. The van der Waals surface area contributed by atoms with Gasteiger partial charge in [-0.15, -0.1) is 0 Å². The third-order valence-corrected chi connectivity index (χ3v) is 2.94. The predicted molar refractivity (Wildman–Crippen MR) is 69.3 cm³/mol. The standard InChI is InChI=1S/C13H18O.C2H6/c1-11-7-13(8-11)10-14-9-12-5-3-2-4-6-12;1-2/h2-6,11,13H,7-10H2,1H3;1-2H3. The van der Waals surface area contributed by atoms with E-state index in [2.05, 4.69) is 31.2 Å². The quantitative estimate of drug-likeness (QED) is 0.736. The summed E-state index contributed by atoms with van der Waals surface area (Å²) in [6, 6.07) is 10.4. The lowest BCUT2D eigenvalue weighted by molar-refractivity contribution is 0.0391. The Morgan fingerprint density at radius 3 is 2.31 bits per heavy atom. The Hall–Kier alpha value is -0.820. The molecule has 0 amide bonds. The topological polar surface area (TPSA) is 9.23 Å². The number of hydrogen-bond donors (Lipinski definition) is 0. The molecule has 0 atom stereocenters. The third kappa shape index (κ3) is 4.36. The molecule has 2 rings (SSSR count). The lowest BCUT2D eigenvalue weighted by atomic mass is 9.77. The maximum absolute atomic E-state index is 5.67. The summed E-state index contributed by atoms with van der Waals surface area (Å²) >= 11 is 0. The van der Waals surface area contributed by atoms with Crippen molar-refractivity contribution in [3.05, 3.63) is 35.9 Å². The minimum atomic E-state index is 0.770. The molecule has 0 unspecified atom stereocenters. The third-order valence-electron chi connectivity index (χ3n) is 2.94. The average Bonchev–Trinajstić information content (AvgIpc) is 2.31. The number of rotatable bonds is 4. The average molecular weight is 220 g/mol. The van der Waals surface area contributed by atoms with Crippen molar-refractivity contribution >= 4 is 0 Å². The van der Waals surface area contributed by atoms with Gasteiger partial charge >= 0.3 is 0 Å². The molecular formula is C15H24O. The van der Waals surface area contributed by atoms with Gasteiger partial charge in [-0.05, 0) is 30.2 Å². The Labute approximate surface area is 99.8 Å². The lowest BCUT2D eigenvalue weighted by Crippen LogP contribution is -2.25. The van der Waals surface area contributed by atoms with Crippen LogP contribution in [0.1, 0.15) is 39.2 Å². The molecule has 0 spiro atoms. The maximum Gasteiger partial charge on any atom is 0.0717 e. The SMILES string of the molecule is CC.CC1CC(COCc2ccccc2)C1. The molecule has 0 heterocycles. The van der Waals surface area contributed by atoms with Crippen LogP contribution < -0.4 is 0 Å². The summed E-state index contributed by atoms with van der Waals surface area (Å²) in [5.41, 5.74) is 1.28. The Morgan fingerprint density at radius 1 is 1.12 bits per heavy atom. The molecule has 90 valence electrons. The normalized spacial score (nSPS) is 22.9. The van der Waals surface area contributed by atoms with E-state index in [9.17, 15) is 0 Å². The van der Waals surface area contributed by atoms with Crippen LogP contribution in [0.4, 0.5) is 0 Å². The first-order valence-electron chi connectivity index (χ1n) is 6.46. The zero-order valence-corrected chi connectivity index (χ0v) is 10.8. The minimum absolute atomic E-state index is 0.770. The van der Waals surface area contributed by atoms with Gasteiger partial charge in [0.1, 0.15) is 0 Å². The van der Waals surface area contributed by atoms with Gasteiger partial charge in [0.25, 0.3) is 0 Å². The molecule has 1 aliphatic rings. The van der Waals surface area contributed by atoms with Crippen LogP contribution in [-0.4, -0.2) is 6.61 Å². The van der Waals surface area contributed by atoms with Crippen LogP contribution in [0.15, 0.2) is 30.3 Å². The van der Waals surface area contributed by atoms with Crippen LogP contribution in [-0.2, 0) is 11.3 Å². The molecule has 0 radical (unpaired) electrons. The van der Waals surface area contributed by atoms with E-state index in [1.165, 1.54) is 18.4 Å². The number of ether oxygens (including phenoxy) is 1. The molecule has 1 saturated carbocycles. The van der Waals surface area contributed by atoms with Crippen molar-refractivity contribution in [2.75, 3.05) is 6.61 Å². The van der Waals surface area contributed by atoms with E-state index in [-0.39, 0.29) is 0 Å². The van der Waals surface area contributed by atoms with Gasteiger partial charge in [-0.2, -0.15) is 0 Å². The van der Waals surface area contributed by atoms with Gasteiger partial charge in [0, 0.05) is 6.61 Å². The first-order valence-corrected chi connectivity index (χ1v) is 6.46. The fourth-order valence-electron chi connectivity index (χ4n) is 2.12. The van der Waals surface area contributed by atoms with Gasteiger partial charge in [-0.25, -0.2) is 0 Å². The predicted octanol–water partition coefficient (Wildman–Crippen LogP) is 4.28. The fourth-order valence-corrected chi connectivity index (χ4v) is 2.12. The van der Waals surface area contributed by atoms with E-state index in [1.54, 1.807) is 0 Å². The molecule has 1 aliphatic carbocycles. The molecule has 1 aromatic carbocycles. The zero-order valence-electron chi connectivity index (χ0n) is 10.8. The first-order chi connectivity index (χ1) is 7.84. The Morgan fingerprint density at radius 2 is 1.75 bits per heavy atom. The Kier molecular flexibility index (Phi) is 6.17. The highest BCUT2D eigenvalue weighted by atomic mass is 16.5. The van der Waals surface area contributed by atoms with Crippen molar-refractivity contribution in [3.8, 4) is 0 Å². The molecule has 0 bridgehead atoms. The van der Waals surface area contributed by atoms with Crippen molar-refractivity contribution < 1.29 is 4.74 Å². The van der Waals surface area contributed by atoms with Crippen LogP contribution in [0, 0.1) is 11.8 Å². The Balaban J connectivity index is 0.000000606. The van der Waals surface area contributed by atoms with E-state index in [1.807, 2.05) is 19.9 Å². The fraction of sp³-hybridized carbons (Fsp3) is 0.600. The molecule has 0 saturated heterocycles. The van der Waals surface area contributed by atoms with E-state index in [0.717, 1.165) is 25.0 Å². The molecule has 1 heteroatoms. The van der Waals surface area contributed by atoms with Crippen molar-refractivity contribution in [3.63, 3.8) is 0 Å². The van der Waals surface area contributed by atoms with Gasteiger partial charge in [0.2, 0.25) is 0 Å². The van der Waals surface area contributed by atoms with Crippen molar-refractivity contribution in [2.45, 2.75) is 40.2 Å². The lowest BCUT2D eigenvalue weighted by Gasteiger charge is -2.32. The minimum Gasteiger partial charge on any atom is -0.376 e. The number of benzene rings is 1. The molecule has 1 aromatic rings. The summed E-state index contributed by atoms with van der Waals surface area (Å²) < 4.78 is 5.67. The van der Waals surface area contributed by atoms with Gasteiger partial charge in [0.15, 0.2) is 0 Å². The zero-order chi connectivity index (χ0) is 11.8. The summed E-state index contributed by atoms with van der Waals surface area (Å²) in [7, 11) is 0. The van der Waals surface area contributed by atoms with E-state index < -0.39 is 0 Å². The van der Waals surface area contributed by atoms with Crippen LogP contribution >= 0.6 is 0 Å². The molecule has 1 nitrogen and oxygen atoms in total. The highest BCUT2D eigenvalue weighted by molar-refractivity contribution is 5.13. The van der Waals surface area contributed by atoms with Crippen LogP contribution in [0.5, 0.6) is 0 Å². The summed E-state index contributed by atoms with van der Waals surface area (Å²) in [6.45, 7) is 8.03. The second-order valence-electron chi connectivity index (χ2n) is 4.44. The van der Waals surface area contributed by atoms with Gasteiger partial charge in [-0.1, -0.05) is 51.1 Å². The first kappa shape index (κ1) is 13.2. The summed E-state index contributed by atoms with van der Waals surface area (Å²) in [6.07, 6.45) is 2.71. The highest BCUT2D eigenvalue weighted by Gasteiger charge is 2.24. The molecule has 1 fully saturated rings. The second-order valence-corrected chi connectivity index (χ2v) is 4.44. The van der Waals surface area contributed by atoms with Crippen molar-refractivity contribution in [1.82, 2.24) is 0 Å². The molecule has 16 heavy (non-hydrogen) atoms. The van der Waals surface area contributed by atoms with Crippen LogP contribution in [0.3, 0.4) is 0 Å². The van der Waals surface area contributed by atoms with Crippen molar-refractivity contribution in [1.29, 1.82) is 0 Å². The summed E-state index contributed by atoms with van der Waals surface area (Å²) in [5, 5.41) is 0. The maximum atomic E-state index is 5.67. The summed E-state index contributed by atoms with van der Waals surface area (Å²) in [4.78, 5) is 0. The van der Waals surface area contributed by atoms with E-state index in [0.29, 0.717) is 0 Å². The smallest absolute Gasteiger partial charge is 0.0717 e. The highest BCUT2D eigenvalue weighted by Crippen LogP contribution is 2.33. The van der Waals surface area contributed by atoms with Crippen molar-refractivity contribution in [2.24, 2.45) is 11.8 Å². The van der Waals surface area contributed by atoms with E-state index >= 15 is 0 Å². The van der Waals surface area contributed by atoms with E-state index in [4.69, 9.17) is 4.74 Å². The second kappa shape index (κ2) is 7.45. The monoisotopic (exact) mass is 220 g/mol.